The van der Waals surface area contributed by atoms with Crippen molar-refractivity contribution in [3.63, 3.8) is 0 Å². The molecule has 0 bridgehead atoms. The van der Waals surface area contributed by atoms with Crippen molar-refractivity contribution in [3.05, 3.63) is 0 Å². The molecule has 1 aliphatic carbocycles. The quantitative estimate of drug-likeness (QED) is 0.784. The third-order valence-corrected chi connectivity index (χ3v) is 3.60. The number of amides is 1. The zero-order valence-electron chi connectivity index (χ0n) is 11.5. The van der Waals surface area contributed by atoms with Crippen molar-refractivity contribution in [2.75, 3.05) is 0 Å². The molecule has 0 aromatic rings. The molecule has 1 amide bonds. The normalized spacial score (nSPS) is 20.1. The van der Waals surface area contributed by atoms with Gasteiger partial charge < -0.3 is 5.32 Å². The van der Waals surface area contributed by atoms with Crippen molar-refractivity contribution >= 4 is 5.91 Å². The molecule has 1 fully saturated rings. The van der Waals surface area contributed by atoms with Crippen molar-refractivity contribution in [3.8, 4) is 0 Å². The first kappa shape index (κ1) is 13.5. The lowest BCUT2D eigenvalue weighted by molar-refractivity contribution is -0.130. The van der Waals surface area contributed by atoms with Gasteiger partial charge in [0.15, 0.2) is 0 Å². The van der Waals surface area contributed by atoms with Crippen LogP contribution in [0.25, 0.3) is 0 Å². The van der Waals surface area contributed by atoms with E-state index < -0.39 is 0 Å². The minimum Gasteiger partial charge on any atom is -0.352 e. The molecule has 0 aliphatic heterocycles. The van der Waals surface area contributed by atoms with Crippen molar-refractivity contribution in [2.45, 2.75) is 66.3 Å². The van der Waals surface area contributed by atoms with Crippen LogP contribution in [0.15, 0.2) is 0 Å². The fourth-order valence-electron chi connectivity index (χ4n) is 2.51. The highest BCUT2D eigenvalue weighted by Crippen LogP contribution is 2.31. The highest BCUT2D eigenvalue weighted by Gasteiger charge is 2.31. The van der Waals surface area contributed by atoms with Gasteiger partial charge in [-0.2, -0.15) is 0 Å². The predicted molar refractivity (Wildman–Crippen MR) is 68.2 cm³/mol. The SMILES string of the molecule is CC(C)C(NC(=O)C(C)(C)C)C1CCCC1. The van der Waals surface area contributed by atoms with Gasteiger partial charge in [-0.05, 0) is 24.7 Å². The predicted octanol–water partition coefficient (Wildman–Crippen LogP) is 3.36. The van der Waals surface area contributed by atoms with Crippen LogP contribution in [0.1, 0.15) is 60.3 Å². The topological polar surface area (TPSA) is 29.1 Å². The largest absolute Gasteiger partial charge is 0.352 e. The first-order valence-corrected chi connectivity index (χ1v) is 6.63. The summed E-state index contributed by atoms with van der Waals surface area (Å²) in [4.78, 5) is 12.0. The fraction of sp³-hybridized carbons (Fsp3) is 0.929. The Morgan fingerprint density at radius 2 is 1.69 bits per heavy atom. The van der Waals surface area contributed by atoms with Crippen LogP contribution in [-0.2, 0) is 4.79 Å². The molecule has 2 heteroatoms. The number of hydrogen-bond donors (Lipinski definition) is 1. The third kappa shape index (κ3) is 3.50. The second kappa shape index (κ2) is 5.20. The molecule has 1 unspecified atom stereocenters. The smallest absolute Gasteiger partial charge is 0.225 e. The highest BCUT2D eigenvalue weighted by atomic mass is 16.2. The van der Waals surface area contributed by atoms with Crippen LogP contribution in [0.3, 0.4) is 0 Å². The van der Waals surface area contributed by atoms with Crippen LogP contribution in [0.4, 0.5) is 0 Å². The minimum absolute atomic E-state index is 0.193. The number of nitrogens with one attached hydrogen (secondary N) is 1. The molecule has 2 nitrogen and oxygen atoms in total. The van der Waals surface area contributed by atoms with E-state index in [2.05, 4.69) is 19.2 Å². The van der Waals surface area contributed by atoms with E-state index in [0.717, 1.165) is 0 Å². The summed E-state index contributed by atoms with van der Waals surface area (Å²) in [5.41, 5.74) is -0.272. The van der Waals surface area contributed by atoms with E-state index in [1.54, 1.807) is 0 Å². The summed E-state index contributed by atoms with van der Waals surface area (Å²) in [5, 5.41) is 3.26. The van der Waals surface area contributed by atoms with Crippen molar-refractivity contribution < 1.29 is 4.79 Å². The second-order valence-electron chi connectivity index (χ2n) is 6.54. The maximum Gasteiger partial charge on any atom is 0.225 e. The monoisotopic (exact) mass is 225 g/mol. The van der Waals surface area contributed by atoms with Gasteiger partial charge in [-0.1, -0.05) is 47.5 Å². The zero-order valence-corrected chi connectivity index (χ0v) is 11.5. The maximum atomic E-state index is 12.0. The fourth-order valence-corrected chi connectivity index (χ4v) is 2.51. The third-order valence-electron chi connectivity index (χ3n) is 3.60. The van der Waals surface area contributed by atoms with Gasteiger partial charge in [0, 0.05) is 11.5 Å². The van der Waals surface area contributed by atoms with Gasteiger partial charge in [0.05, 0.1) is 0 Å². The first-order valence-electron chi connectivity index (χ1n) is 6.63. The van der Waals surface area contributed by atoms with Crippen LogP contribution in [-0.4, -0.2) is 11.9 Å². The number of carbonyl (C=O) groups is 1. The van der Waals surface area contributed by atoms with Gasteiger partial charge in [-0.25, -0.2) is 0 Å². The Hall–Kier alpha value is -0.530. The molecule has 0 saturated heterocycles. The summed E-state index contributed by atoms with van der Waals surface area (Å²) >= 11 is 0. The Bertz CT molecular complexity index is 234. The molecule has 0 spiro atoms. The molecular weight excluding hydrogens is 198 g/mol. The zero-order chi connectivity index (χ0) is 12.3. The van der Waals surface area contributed by atoms with E-state index in [0.29, 0.717) is 17.9 Å². The maximum absolute atomic E-state index is 12.0. The Morgan fingerprint density at radius 1 is 1.19 bits per heavy atom. The van der Waals surface area contributed by atoms with E-state index >= 15 is 0 Å². The Morgan fingerprint density at radius 3 is 2.06 bits per heavy atom. The molecule has 1 aliphatic rings. The van der Waals surface area contributed by atoms with Crippen LogP contribution in [0.2, 0.25) is 0 Å². The van der Waals surface area contributed by atoms with Crippen molar-refractivity contribution in [2.24, 2.45) is 17.3 Å². The molecule has 0 aromatic carbocycles. The average molecular weight is 225 g/mol. The van der Waals surface area contributed by atoms with Crippen LogP contribution in [0.5, 0.6) is 0 Å². The summed E-state index contributed by atoms with van der Waals surface area (Å²) in [6.07, 6.45) is 5.24. The van der Waals surface area contributed by atoms with Crippen LogP contribution < -0.4 is 5.32 Å². The molecule has 0 radical (unpaired) electrons. The highest BCUT2D eigenvalue weighted by molar-refractivity contribution is 5.81. The molecule has 1 atom stereocenters. The summed E-state index contributed by atoms with van der Waals surface area (Å²) < 4.78 is 0. The van der Waals surface area contributed by atoms with Gasteiger partial charge in [-0.15, -0.1) is 0 Å². The lowest BCUT2D eigenvalue weighted by Gasteiger charge is -2.31. The summed E-state index contributed by atoms with van der Waals surface area (Å²) in [6, 6.07) is 0.370. The van der Waals surface area contributed by atoms with E-state index in [1.165, 1.54) is 25.7 Å². The summed E-state index contributed by atoms with van der Waals surface area (Å²) in [7, 11) is 0. The van der Waals surface area contributed by atoms with Crippen molar-refractivity contribution in [1.82, 2.24) is 5.32 Å². The molecule has 1 saturated carbocycles. The number of hydrogen-bond acceptors (Lipinski definition) is 1. The van der Waals surface area contributed by atoms with Crippen LogP contribution in [0, 0.1) is 17.3 Å². The van der Waals surface area contributed by atoms with E-state index in [-0.39, 0.29) is 11.3 Å². The lowest BCUT2D eigenvalue weighted by atomic mass is 9.87. The van der Waals surface area contributed by atoms with Gasteiger partial charge in [0.1, 0.15) is 0 Å². The second-order valence-corrected chi connectivity index (χ2v) is 6.54. The van der Waals surface area contributed by atoms with Crippen LogP contribution >= 0.6 is 0 Å². The Balaban J connectivity index is 2.61. The van der Waals surface area contributed by atoms with Gasteiger partial charge in [0.2, 0.25) is 5.91 Å². The number of carbonyl (C=O) groups excluding carboxylic acids is 1. The lowest BCUT2D eigenvalue weighted by Crippen LogP contribution is -2.47. The molecule has 16 heavy (non-hydrogen) atoms. The minimum atomic E-state index is -0.272. The molecule has 1 N–H and O–H groups in total. The van der Waals surface area contributed by atoms with E-state index in [4.69, 9.17) is 0 Å². The molecular formula is C14H27NO. The Kier molecular flexibility index (Phi) is 4.40. The van der Waals surface area contributed by atoms with Gasteiger partial charge in [-0.3, -0.25) is 4.79 Å². The van der Waals surface area contributed by atoms with Gasteiger partial charge in [0.25, 0.3) is 0 Å². The van der Waals surface area contributed by atoms with E-state index in [1.807, 2.05) is 20.8 Å². The molecule has 0 heterocycles. The average Bonchev–Trinajstić information content (AvgIpc) is 2.63. The Labute approximate surface area is 100 Å². The summed E-state index contributed by atoms with van der Waals surface area (Å²) in [6.45, 7) is 10.4. The van der Waals surface area contributed by atoms with Crippen molar-refractivity contribution in [1.29, 1.82) is 0 Å². The first-order chi connectivity index (χ1) is 7.32. The standard InChI is InChI=1S/C14H27NO/c1-10(2)12(11-8-6-7-9-11)15-13(16)14(3,4)5/h10-12H,6-9H2,1-5H3,(H,15,16). The van der Waals surface area contributed by atoms with E-state index in [9.17, 15) is 4.79 Å². The molecule has 94 valence electrons. The molecule has 0 aromatic heterocycles. The van der Waals surface area contributed by atoms with Gasteiger partial charge >= 0.3 is 0 Å². The molecule has 1 rings (SSSR count). The number of rotatable bonds is 3. The summed E-state index contributed by atoms with van der Waals surface area (Å²) in [5.74, 6) is 1.43.